The molecule has 0 aliphatic rings. The van der Waals surface area contributed by atoms with E-state index in [1.54, 1.807) is 25.5 Å². The highest BCUT2D eigenvalue weighted by Crippen LogP contribution is 2.23. The number of aromatic nitrogens is 1. The number of nitrogens with one attached hydrogen (secondary N) is 2. The Kier molecular flexibility index (Phi) is 4.16. The van der Waals surface area contributed by atoms with Crippen LogP contribution in [-0.4, -0.2) is 17.9 Å². The van der Waals surface area contributed by atoms with E-state index in [9.17, 15) is 4.79 Å². The average Bonchev–Trinajstić information content (AvgIpc) is 2.41. The Labute approximate surface area is 120 Å². The quantitative estimate of drug-likeness (QED) is 0.911. The van der Waals surface area contributed by atoms with Gasteiger partial charge in [0, 0.05) is 25.1 Å². The predicted octanol–water partition coefficient (Wildman–Crippen LogP) is 3.45. The van der Waals surface area contributed by atoms with Crippen LogP contribution in [0.1, 0.15) is 15.9 Å². The largest absolute Gasteiger partial charge is 0.387 e. The minimum atomic E-state index is -0.153. The fraction of sp³-hybridized carbons (Fsp3) is 0.143. The van der Waals surface area contributed by atoms with Gasteiger partial charge in [-0.3, -0.25) is 9.78 Å². The highest BCUT2D eigenvalue weighted by Gasteiger charge is 2.12. The van der Waals surface area contributed by atoms with Crippen molar-refractivity contribution < 1.29 is 4.79 Å². The van der Waals surface area contributed by atoms with E-state index in [0.29, 0.717) is 11.3 Å². The number of anilines is 2. The van der Waals surface area contributed by atoms with Crippen LogP contribution in [0.15, 0.2) is 41.1 Å². The van der Waals surface area contributed by atoms with Crippen LogP contribution in [0.4, 0.5) is 11.4 Å². The molecular weight excluding hydrogens is 306 g/mol. The molecule has 1 heterocycles. The van der Waals surface area contributed by atoms with Gasteiger partial charge in [-0.05, 0) is 41.1 Å². The first kappa shape index (κ1) is 13.5. The molecule has 0 radical (unpaired) electrons. The van der Waals surface area contributed by atoms with Crippen molar-refractivity contribution in [2.75, 3.05) is 17.7 Å². The van der Waals surface area contributed by atoms with E-state index in [4.69, 9.17) is 0 Å². The number of hydrogen-bond donors (Lipinski definition) is 2. The number of nitrogens with zero attached hydrogens (tertiary/aromatic N) is 1. The number of carbonyl (C=O) groups excluding carboxylic acids is 1. The number of aryl methyl sites for hydroxylation is 1. The molecule has 1 amide bonds. The average molecular weight is 320 g/mol. The van der Waals surface area contributed by atoms with Gasteiger partial charge in [-0.15, -0.1) is 0 Å². The number of benzene rings is 1. The lowest BCUT2D eigenvalue weighted by molar-refractivity contribution is 0.102. The van der Waals surface area contributed by atoms with Gasteiger partial charge in [0.25, 0.3) is 5.91 Å². The van der Waals surface area contributed by atoms with Crippen molar-refractivity contribution in [3.05, 3.63) is 52.3 Å². The topological polar surface area (TPSA) is 54.0 Å². The van der Waals surface area contributed by atoms with E-state index in [0.717, 1.165) is 15.7 Å². The number of carbonyl (C=O) groups is 1. The maximum Gasteiger partial charge on any atom is 0.257 e. The number of rotatable bonds is 3. The minimum Gasteiger partial charge on any atom is -0.387 e. The minimum absolute atomic E-state index is 0.153. The summed E-state index contributed by atoms with van der Waals surface area (Å²) in [6.45, 7) is 1.96. The second-order valence-corrected chi connectivity index (χ2v) is 4.96. The zero-order chi connectivity index (χ0) is 13.8. The van der Waals surface area contributed by atoms with Gasteiger partial charge in [-0.25, -0.2) is 0 Å². The fourth-order valence-electron chi connectivity index (χ4n) is 1.73. The zero-order valence-electron chi connectivity index (χ0n) is 10.7. The monoisotopic (exact) mass is 319 g/mol. The molecule has 5 heteroatoms. The van der Waals surface area contributed by atoms with Crippen molar-refractivity contribution in [2.24, 2.45) is 0 Å². The lowest BCUT2D eigenvalue weighted by atomic mass is 10.1. The van der Waals surface area contributed by atoms with E-state index >= 15 is 0 Å². The molecular formula is C14H14BrN3O. The maximum atomic E-state index is 12.3. The first-order valence-corrected chi connectivity index (χ1v) is 6.60. The molecule has 0 atom stereocenters. The molecule has 2 aromatic rings. The summed E-state index contributed by atoms with van der Waals surface area (Å²) < 4.78 is 0.752. The van der Waals surface area contributed by atoms with Gasteiger partial charge >= 0.3 is 0 Å². The van der Waals surface area contributed by atoms with Crippen LogP contribution < -0.4 is 10.6 Å². The van der Waals surface area contributed by atoms with Crippen LogP contribution in [-0.2, 0) is 0 Å². The van der Waals surface area contributed by atoms with Crippen LogP contribution in [0.5, 0.6) is 0 Å². The Morgan fingerprint density at radius 1 is 1.26 bits per heavy atom. The first-order valence-electron chi connectivity index (χ1n) is 5.81. The highest BCUT2D eigenvalue weighted by molar-refractivity contribution is 9.10. The summed E-state index contributed by atoms with van der Waals surface area (Å²) in [4.78, 5) is 16.3. The Morgan fingerprint density at radius 3 is 2.74 bits per heavy atom. The third kappa shape index (κ3) is 3.12. The third-order valence-corrected chi connectivity index (χ3v) is 3.34. The van der Waals surface area contributed by atoms with E-state index in [1.807, 2.05) is 25.1 Å². The van der Waals surface area contributed by atoms with Crippen molar-refractivity contribution in [2.45, 2.75) is 6.92 Å². The van der Waals surface area contributed by atoms with E-state index in [-0.39, 0.29) is 5.91 Å². The lowest BCUT2D eigenvalue weighted by Crippen LogP contribution is -2.14. The SMILES string of the molecule is CNc1ccc(C)cc1C(=O)Nc1ccncc1Br. The van der Waals surface area contributed by atoms with Gasteiger partial charge in [-0.2, -0.15) is 0 Å². The summed E-state index contributed by atoms with van der Waals surface area (Å²) in [5, 5.41) is 5.88. The van der Waals surface area contributed by atoms with Crippen molar-refractivity contribution in [1.29, 1.82) is 0 Å². The van der Waals surface area contributed by atoms with Crippen molar-refractivity contribution in [3.63, 3.8) is 0 Å². The Balaban J connectivity index is 2.30. The second-order valence-electron chi connectivity index (χ2n) is 4.11. The Bertz CT molecular complexity index is 613. The molecule has 98 valence electrons. The molecule has 0 unspecified atom stereocenters. The standard InChI is InChI=1S/C14H14BrN3O/c1-9-3-4-12(16-2)10(7-9)14(19)18-13-5-6-17-8-11(13)15/h3-8,16H,1-2H3,(H,17,18,19). The molecule has 0 saturated heterocycles. The van der Waals surface area contributed by atoms with Crippen LogP contribution in [0, 0.1) is 6.92 Å². The van der Waals surface area contributed by atoms with Crippen LogP contribution in [0.3, 0.4) is 0 Å². The Hall–Kier alpha value is -1.88. The lowest BCUT2D eigenvalue weighted by Gasteiger charge is -2.11. The molecule has 0 saturated carbocycles. The molecule has 1 aromatic heterocycles. The smallest absolute Gasteiger partial charge is 0.257 e. The fourth-order valence-corrected chi connectivity index (χ4v) is 2.08. The zero-order valence-corrected chi connectivity index (χ0v) is 12.3. The predicted molar refractivity (Wildman–Crippen MR) is 80.6 cm³/mol. The maximum absolute atomic E-state index is 12.3. The van der Waals surface area contributed by atoms with E-state index in [2.05, 4.69) is 31.5 Å². The molecule has 0 aliphatic heterocycles. The van der Waals surface area contributed by atoms with Crippen molar-refractivity contribution >= 4 is 33.2 Å². The number of halogens is 1. The van der Waals surface area contributed by atoms with E-state index < -0.39 is 0 Å². The van der Waals surface area contributed by atoms with Crippen LogP contribution >= 0.6 is 15.9 Å². The molecule has 0 aliphatic carbocycles. The third-order valence-electron chi connectivity index (χ3n) is 2.71. The molecule has 0 bridgehead atoms. The Morgan fingerprint density at radius 2 is 2.05 bits per heavy atom. The first-order chi connectivity index (χ1) is 9.11. The van der Waals surface area contributed by atoms with Crippen molar-refractivity contribution in [3.8, 4) is 0 Å². The molecule has 4 nitrogen and oxygen atoms in total. The summed E-state index contributed by atoms with van der Waals surface area (Å²) in [5.41, 5.74) is 3.15. The molecule has 2 N–H and O–H groups in total. The van der Waals surface area contributed by atoms with Gasteiger partial charge in [-0.1, -0.05) is 11.6 Å². The summed E-state index contributed by atoms with van der Waals surface area (Å²) in [7, 11) is 1.80. The normalized spacial score (nSPS) is 10.1. The number of hydrogen-bond acceptors (Lipinski definition) is 3. The summed E-state index contributed by atoms with van der Waals surface area (Å²) in [6, 6.07) is 7.46. The number of amides is 1. The molecule has 0 fully saturated rings. The van der Waals surface area contributed by atoms with Gasteiger partial charge < -0.3 is 10.6 Å². The highest BCUT2D eigenvalue weighted by atomic mass is 79.9. The summed E-state index contributed by atoms with van der Waals surface area (Å²) >= 11 is 3.35. The number of pyridine rings is 1. The van der Waals surface area contributed by atoms with Gasteiger partial charge in [0.2, 0.25) is 0 Å². The molecule has 2 rings (SSSR count). The summed E-state index contributed by atoms with van der Waals surface area (Å²) in [6.07, 6.45) is 3.28. The summed E-state index contributed by atoms with van der Waals surface area (Å²) in [5.74, 6) is -0.153. The van der Waals surface area contributed by atoms with Gasteiger partial charge in [0.05, 0.1) is 15.7 Å². The molecule has 19 heavy (non-hydrogen) atoms. The van der Waals surface area contributed by atoms with Crippen LogP contribution in [0.2, 0.25) is 0 Å². The van der Waals surface area contributed by atoms with Crippen LogP contribution in [0.25, 0.3) is 0 Å². The van der Waals surface area contributed by atoms with Gasteiger partial charge in [0.1, 0.15) is 0 Å². The molecule has 1 aromatic carbocycles. The van der Waals surface area contributed by atoms with Crippen molar-refractivity contribution in [1.82, 2.24) is 4.98 Å². The van der Waals surface area contributed by atoms with Gasteiger partial charge in [0.15, 0.2) is 0 Å². The second kappa shape index (κ2) is 5.84. The molecule has 0 spiro atoms. The van der Waals surface area contributed by atoms with E-state index in [1.165, 1.54) is 0 Å².